The molecule has 2 aromatic rings. The van der Waals surface area contributed by atoms with Crippen molar-refractivity contribution in [3.8, 4) is 11.5 Å². The Morgan fingerprint density at radius 3 is 1.52 bits per heavy atom. The van der Waals surface area contributed by atoms with E-state index in [0.29, 0.717) is 10.2 Å². The summed E-state index contributed by atoms with van der Waals surface area (Å²) in [5.41, 5.74) is 1.80. The fourth-order valence-corrected chi connectivity index (χ4v) is 4.13. The lowest BCUT2D eigenvalue weighted by Gasteiger charge is -2.15. The van der Waals surface area contributed by atoms with Gasteiger partial charge in [-0.25, -0.2) is 0 Å². The lowest BCUT2D eigenvalue weighted by atomic mass is 10.2. The molecule has 0 bridgehead atoms. The summed E-state index contributed by atoms with van der Waals surface area (Å²) in [6, 6.07) is 15.4. The van der Waals surface area contributed by atoms with Crippen molar-refractivity contribution in [2.75, 3.05) is 36.9 Å². The molecule has 2 aromatic carbocycles. The number of rotatable bonds is 8. The lowest BCUT2D eigenvalue weighted by Crippen LogP contribution is -2.34. The first-order chi connectivity index (χ1) is 16.1. The summed E-state index contributed by atoms with van der Waals surface area (Å²) >= 11 is 10.7. The quantitative estimate of drug-likeness (QED) is 0.406. The molecule has 33 heavy (non-hydrogen) atoms. The van der Waals surface area contributed by atoms with Crippen LogP contribution >= 0.6 is 24.4 Å². The molecule has 2 aliphatic heterocycles. The fraction of sp³-hybridized carbons (Fsp3) is 0.417. The Bertz CT molecular complexity index is 837. The Labute approximate surface area is 205 Å². The monoisotopic (exact) mass is 486 g/mol. The van der Waals surface area contributed by atoms with Crippen LogP contribution in [0.4, 0.5) is 11.4 Å². The van der Waals surface area contributed by atoms with Crippen LogP contribution in [0.25, 0.3) is 0 Å². The maximum Gasteiger partial charge on any atom is 0.170 e. The summed E-state index contributed by atoms with van der Waals surface area (Å²) in [6.45, 7) is 3.14. The minimum Gasteiger partial charge on any atom is -0.457 e. The van der Waals surface area contributed by atoms with Crippen molar-refractivity contribution in [1.82, 2.24) is 10.6 Å². The maximum absolute atomic E-state index is 5.94. The molecule has 0 amide bonds. The normalized spacial score (nSPS) is 19.6. The highest BCUT2D eigenvalue weighted by Gasteiger charge is 2.16. The molecule has 2 fully saturated rings. The largest absolute Gasteiger partial charge is 0.457 e. The van der Waals surface area contributed by atoms with Crippen LogP contribution in [0.15, 0.2) is 48.5 Å². The van der Waals surface area contributed by atoms with Crippen LogP contribution in [0.2, 0.25) is 0 Å². The first-order valence-electron chi connectivity index (χ1n) is 11.3. The van der Waals surface area contributed by atoms with Gasteiger partial charge in [0.05, 0.1) is 12.2 Å². The van der Waals surface area contributed by atoms with E-state index >= 15 is 0 Å². The van der Waals surface area contributed by atoms with Gasteiger partial charge in [-0.3, -0.25) is 0 Å². The minimum absolute atomic E-state index is 0.250. The van der Waals surface area contributed by atoms with Gasteiger partial charge in [0.1, 0.15) is 11.5 Å². The predicted octanol–water partition coefficient (Wildman–Crippen LogP) is 4.41. The molecular formula is C24H30N4O3S2. The highest BCUT2D eigenvalue weighted by molar-refractivity contribution is 7.80. The van der Waals surface area contributed by atoms with Crippen LogP contribution in [0.5, 0.6) is 11.5 Å². The molecule has 0 unspecified atom stereocenters. The van der Waals surface area contributed by atoms with Crippen molar-refractivity contribution < 1.29 is 14.2 Å². The van der Waals surface area contributed by atoms with Crippen LogP contribution in [0.3, 0.4) is 0 Å². The van der Waals surface area contributed by atoms with Crippen LogP contribution < -0.4 is 26.0 Å². The van der Waals surface area contributed by atoms with E-state index in [1.165, 1.54) is 0 Å². The molecule has 0 saturated carbocycles. The number of nitrogens with one attached hydrogen (secondary N) is 4. The van der Waals surface area contributed by atoms with Gasteiger partial charge < -0.3 is 35.5 Å². The van der Waals surface area contributed by atoms with E-state index in [9.17, 15) is 0 Å². The highest BCUT2D eigenvalue weighted by Crippen LogP contribution is 2.24. The van der Waals surface area contributed by atoms with Gasteiger partial charge in [-0.1, -0.05) is 0 Å². The van der Waals surface area contributed by atoms with Crippen LogP contribution in [0.1, 0.15) is 25.7 Å². The number of hydrogen-bond acceptors (Lipinski definition) is 5. The SMILES string of the molecule is S=C(NC[C@H]1CCCO1)Nc1ccc(Oc2ccc(NC(=S)NC[C@@H]3CCCO3)cc2)cc1. The van der Waals surface area contributed by atoms with Crippen molar-refractivity contribution in [3.63, 3.8) is 0 Å². The van der Waals surface area contributed by atoms with E-state index in [4.69, 9.17) is 38.6 Å². The van der Waals surface area contributed by atoms with E-state index in [2.05, 4.69) is 21.3 Å². The molecule has 0 spiro atoms. The summed E-state index contributed by atoms with van der Waals surface area (Å²) in [5.74, 6) is 1.49. The standard InChI is InChI=1S/C24H30N4O3S2/c32-23(25-15-21-3-1-13-29-21)27-17-5-9-19(10-6-17)31-20-11-7-18(8-12-20)28-24(33)26-16-22-4-2-14-30-22/h5-12,21-22H,1-4,13-16H2,(H2,25,27,32)(H2,26,28,33)/t21-,22+. The van der Waals surface area contributed by atoms with Crippen molar-refractivity contribution in [2.45, 2.75) is 37.9 Å². The van der Waals surface area contributed by atoms with Gasteiger partial charge in [-0.15, -0.1) is 0 Å². The zero-order chi connectivity index (χ0) is 22.9. The maximum atomic E-state index is 5.94. The fourth-order valence-electron chi connectivity index (χ4n) is 3.72. The van der Waals surface area contributed by atoms with Crippen LogP contribution in [-0.2, 0) is 9.47 Å². The van der Waals surface area contributed by atoms with E-state index in [0.717, 1.165) is 74.9 Å². The average Bonchev–Trinajstić information content (AvgIpc) is 3.53. The average molecular weight is 487 g/mol. The topological polar surface area (TPSA) is 75.8 Å². The van der Waals surface area contributed by atoms with Gasteiger partial charge in [-0.05, 0) is 98.6 Å². The van der Waals surface area contributed by atoms with Gasteiger partial charge in [-0.2, -0.15) is 0 Å². The molecule has 2 aliphatic rings. The van der Waals surface area contributed by atoms with Crippen LogP contribution in [-0.4, -0.2) is 48.7 Å². The molecular weight excluding hydrogens is 456 g/mol. The van der Waals surface area contributed by atoms with Crippen molar-refractivity contribution in [2.24, 2.45) is 0 Å². The number of benzene rings is 2. The third-order valence-electron chi connectivity index (χ3n) is 5.49. The van der Waals surface area contributed by atoms with E-state index < -0.39 is 0 Å². The molecule has 2 atom stereocenters. The zero-order valence-corrected chi connectivity index (χ0v) is 20.1. The third-order valence-corrected chi connectivity index (χ3v) is 5.98. The second kappa shape index (κ2) is 12.1. The number of thiocarbonyl (C=S) groups is 2. The van der Waals surface area contributed by atoms with Gasteiger partial charge in [0.2, 0.25) is 0 Å². The Morgan fingerprint density at radius 1 is 0.727 bits per heavy atom. The van der Waals surface area contributed by atoms with E-state index in [1.807, 2.05) is 48.5 Å². The first-order valence-corrected chi connectivity index (χ1v) is 12.2. The number of anilines is 2. The summed E-state index contributed by atoms with van der Waals surface area (Å²) in [5, 5.41) is 14.0. The summed E-state index contributed by atoms with van der Waals surface area (Å²) in [6.07, 6.45) is 4.90. The van der Waals surface area contributed by atoms with Crippen molar-refractivity contribution in [3.05, 3.63) is 48.5 Å². The smallest absolute Gasteiger partial charge is 0.170 e. The molecule has 2 heterocycles. The van der Waals surface area contributed by atoms with Gasteiger partial charge in [0, 0.05) is 37.7 Å². The third kappa shape index (κ3) is 7.82. The molecule has 2 saturated heterocycles. The first kappa shape index (κ1) is 23.7. The molecule has 0 aliphatic carbocycles. The summed E-state index contributed by atoms with van der Waals surface area (Å²) < 4.78 is 17.1. The molecule has 9 heteroatoms. The molecule has 4 rings (SSSR count). The summed E-state index contributed by atoms with van der Waals surface area (Å²) in [4.78, 5) is 0. The van der Waals surface area contributed by atoms with Crippen molar-refractivity contribution in [1.29, 1.82) is 0 Å². The minimum atomic E-state index is 0.250. The van der Waals surface area contributed by atoms with Gasteiger partial charge in [0.25, 0.3) is 0 Å². The van der Waals surface area contributed by atoms with Gasteiger partial charge in [0.15, 0.2) is 10.2 Å². The van der Waals surface area contributed by atoms with E-state index in [1.54, 1.807) is 0 Å². The molecule has 0 aromatic heterocycles. The Balaban J connectivity index is 1.19. The van der Waals surface area contributed by atoms with Gasteiger partial charge >= 0.3 is 0 Å². The second-order valence-corrected chi connectivity index (χ2v) is 8.91. The second-order valence-electron chi connectivity index (χ2n) is 8.09. The molecule has 4 N–H and O–H groups in total. The Morgan fingerprint density at radius 2 is 1.15 bits per heavy atom. The molecule has 176 valence electrons. The highest BCUT2D eigenvalue weighted by atomic mass is 32.1. The molecule has 0 radical (unpaired) electrons. The molecule has 7 nitrogen and oxygen atoms in total. The number of ether oxygens (including phenoxy) is 3. The van der Waals surface area contributed by atoms with Crippen molar-refractivity contribution >= 4 is 46.0 Å². The summed E-state index contributed by atoms with van der Waals surface area (Å²) in [7, 11) is 0. The lowest BCUT2D eigenvalue weighted by molar-refractivity contribution is 0.114. The van der Waals surface area contributed by atoms with E-state index in [-0.39, 0.29) is 12.2 Å². The zero-order valence-electron chi connectivity index (χ0n) is 18.5. The number of hydrogen-bond donors (Lipinski definition) is 4. The van der Waals surface area contributed by atoms with Crippen LogP contribution in [0, 0.1) is 0 Å². The predicted molar refractivity (Wildman–Crippen MR) is 139 cm³/mol. The Kier molecular flexibility index (Phi) is 8.71. The Hall–Kier alpha value is -2.46.